The van der Waals surface area contributed by atoms with Crippen LogP contribution in [0.25, 0.3) is 10.6 Å². The fourth-order valence-electron chi connectivity index (χ4n) is 1.95. The van der Waals surface area contributed by atoms with Crippen LogP contribution in [0.4, 0.5) is 0 Å². The van der Waals surface area contributed by atoms with Gasteiger partial charge in [-0.25, -0.2) is 9.78 Å². The van der Waals surface area contributed by atoms with Crippen LogP contribution in [0, 0.1) is 0 Å². The van der Waals surface area contributed by atoms with E-state index in [0.717, 1.165) is 16.9 Å². The Hall–Kier alpha value is -2.37. The Bertz CT molecular complexity index is 813. The molecule has 0 aliphatic rings. The first-order valence-corrected chi connectivity index (χ1v) is 8.04. The van der Waals surface area contributed by atoms with Gasteiger partial charge in [0, 0.05) is 16.0 Å². The van der Waals surface area contributed by atoms with Crippen molar-refractivity contribution < 1.29 is 14.6 Å². The zero-order valence-electron chi connectivity index (χ0n) is 11.9. The molecule has 0 saturated heterocycles. The molecule has 0 fully saturated rings. The largest absolute Gasteiger partial charge is 0.489 e. The average Bonchev–Trinajstić information content (AvgIpc) is 3.05. The Labute approximate surface area is 142 Å². The Morgan fingerprint density at radius 1 is 1.13 bits per heavy atom. The van der Waals surface area contributed by atoms with Crippen molar-refractivity contribution in [2.24, 2.45) is 0 Å². The molecule has 0 spiro atoms. The van der Waals surface area contributed by atoms with Crippen LogP contribution in [0.5, 0.6) is 5.75 Å². The predicted octanol–water partition coefficient (Wildman–Crippen LogP) is 4.74. The minimum absolute atomic E-state index is 0.0630. The van der Waals surface area contributed by atoms with Gasteiger partial charge in [-0.05, 0) is 42.0 Å². The molecule has 6 heteroatoms. The summed E-state index contributed by atoms with van der Waals surface area (Å²) in [5.41, 5.74) is 1.96. The van der Waals surface area contributed by atoms with Gasteiger partial charge in [-0.15, -0.1) is 11.3 Å². The molecule has 0 aliphatic heterocycles. The number of hydrogen-bond acceptors (Lipinski definition) is 4. The number of carboxylic acid groups (broad SMARTS) is 1. The highest BCUT2D eigenvalue weighted by atomic mass is 35.5. The molecule has 0 unspecified atom stereocenters. The van der Waals surface area contributed by atoms with Gasteiger partial charge in [0.15, 0.2) is 5.69 Å². The van der Waals surface area contributed by atoms with Crippen molar-refractivity contribution in [3.05, 3.63) is 70.2 Å². The van der Waals surface area contributed by atoms with Crippen molar-refractivity contribution in [3.8, 4) is 16.3 Å². The maximum atomic E-state index is 10.9. The fraction of sp³-hybridized carbons (Fsp3) is 0.0588. The third-order valence-electron chi connectivity index (χ3n) is 3.14. The number of rotatable bonds is 5. The van der Waals surface area contributed by atoms with Gasteiger partial charge in [-0.3, -0.25) is 0 Å². The van der Waals surface area contributed by atoms with E-state index in [1.165, 1.54) is 16.7 Å². The van der Waals surface area contributed by atoms with E-state index in [0.29, 0.717) is 16.6 Å². The average molecular weight is 346 g/mol. The molecule has 0 atom stereocenters. The number of ether oxygens (including phenoxy) is 1. The molecule has 1 aromatic heterocycles. The molecule has 2 aromatic carbocycles. The molecule has 23 heavy (non-hydrogen) atoms. The molecule has 1 N–H and O–H groups in total. The second-order valence-electron chi connectivity index (χ2n) is 4.78. The Balaban J connectivity index is 1.66. The summed E-state index contributed by atoms with van der Waals surface area (Å²) in [4.78, 5) is 14.9. The highest BCUT2D eigenvalue weighted by Gasteiger charge is 2.10. The van der Waals surface area contributed by atoms with E-state index >= 15 is 0 Å². The number of aromatic nitrogens is 1. The topological polar surface area (TPSA) is 59.4 Å². The number of nitrogens with zero attached hydrogens (tertiary/aromatic N) is 1. The van der Waals surface area contributed by atoms with E-state index in [9.17, 15) is 4.79 Å². The van der Waals surface area contributed by atoms with E-state index in [1.54, 1.807) is 0 Å². The maximum Gasteiger partial charge on any atom is 0.355 e. The summed E-state index contributed by atoms with van der Waals surface area (Å²) in [5.74, 6) is -0.283. The van der Waals surface area contributed by atoms with Crippen LogP contribution in [0.2, 0.25) is 5.02 Å². The lowest BCUT2D eigenvalue weighted by atomic mass is 10.2. The molecule has 0 bridgehead atoms. The highest BCUT2D eigenvalue weighted by molar-refractivity contribution is 7.13. The van der Waals surface area contributed by atoms with E-state index in [-0.39, 0.29) is 5.69 Å². The minimum Gasteiger partial charge on any atom is -0.489 e. The standard InChI is InChI=1S/C17H12ClNO3S/c18-13-5-1-11(2-6-13)9-22-14-7-3-12(4-8-14)16-19-15(10-23-16)17(20)21/h1-8,10H,9H2,(H,20,21). The summed E-state index contributed by atoms with van der Waals surface area (Å²) < 4.78 is 5.71. The summed E-state index contributed by atoms with van der Waals surface area (Å²) in [6, 6.07) is 14.9. The molecular weight excluding hydrogens is 334 g/mol. The van der Waals surface area contributed by atoms with Crippen LogP contribution < -0.4 is 4.74 Å². The lowest BCUT2D eigenvalue weighted by Crippen LogP contribution is -1.96. The van der Waals surface area contributed by atoms with Gasteiger partial charge >= 0.3 is 5.97 Å². The lowest BCUT2D eigenvalue weighted by Gasteiger charge is -2.07. The monoisotopic (exact) mass is 345 g/mol. The van der Waals surface area contributed by atoms with Gasteiger partial charge in [-0.2, -0.15) is 0 Å². The molecule has 1 heterocycles. The van der Waals surface area contributed by atoms with Gasteiger partial charge in [0.05, 0.1) is 0 Å². The number of benzene rings is 2. The van der Waals surface area contributed by atoms with Gasteiger partial charge in [0.25, 0.3) is 0 Å². The minimum atomic E-state index is -1.02. The first kappa shape index (κ1) is 15.5. The summed E-state index contributed by atoms with van der Waals surface area (Å²) in [6.07, 6.45) is 0. The predicted molar refractivity (Wildman–Crippen MR) is 90.3 cm³/mol. The number of halogens is 1. The molecule has 4 nitrogen and oxygen atoms in total. The lowest BCUT2D eigenvalue weighted by molar-refractivity contribution is 0.0691. The van der Waals surface area contributed by atoms with Crippen LogP contribution in [0.15, 0.2) is 53.9 Å². The van der Waals surface area contributed by atoms with Crippen LogP contribution in [0.3, 0.4) is 0 Å². The SMILES string of the molecule is O=C(O)c1csc(-c2ccc(OCc3ccc(Cl)cc3)cc2)n1. The normalized spacial score (nSPS) is 10.5. The summed E-state index contributed by atoms with van der Waals surface area (Å²) in [7, 11) is 0. The number of carbonyl (C=O) groups is 1. The van der Waals surface area contributed by atoms with Crippen molar-refractivity contribution in [1.82, 2.24) is 4.98 Å². The zero-order valence-corrected chi connectivity index (χ0v) is 13.5. The van der Waals surface area contributed by atoms with Crippen molar-refractivity contribution >= 4 is 28.9 Å². The Morgan fingerprint density at radius 2 is 1.83 bits per heavy atom. The van der Waals surface area contributed by atoms with Crippen LogP contribution >= 0.6 is 22.9 Å². The van der Waals surface area contributed by atoms with Crippen LogP contribution in [-0.4, -0.2) is 16.1 Å². The van der Waals surface area contributed by atoms with Crippen molar-refractivity contribution in [2.45, 2.75) is 6.61 Å². The van der Waals surface area contributed by atoms with Gasteiger partial charge in [0.2, 0.25) is 0 Å². The van der Waals surface area contributed by atoms with E-state index in [4.69, 9.17) is 21.4 Å². The summed E-state index contributed by atoms with van der Waals surface area (Å²) >= 11 is 7.15. The zero-order chi connectivity index (χ0) is 16.2. The highest BCUT2D eigenvalue weighted by Crippen LogP contribution is 2.26. The molecule has 0 radical (unpaired) electrons. The third-order valence-corrected chi connectivity index (χ3v) is 4.29. The number of thiazole rings is 1. The Morgan fingerprint density at radius 3 is 2.43 bits per heavy atom. The number of hydrogen-bond donors (Lipinski definition) is 1. The molecule has 3 aromatic rings. The first-order valence-electron chi connectivity index (χ1n) is 6.78. The van der Waals surface area contributed by atoms with E-state index < -0.39 is 5.97 Å². The summed E-state index contributed by atoms with van der Waals surface area (Å²) in [5, 5.41) is 11.8. The van der Waals surface area contributed by atoms with Crippen molar-refractivity contribution in [2.75, 3.05) is 0 Å². The molecule has 0 amide bonds. The first-order chi connectivity index (χ1) is 11.1. The fourth-order valence-corrected chi connectivity index (χ4v) is 2.87. The van der Waals surface area contributed by atoms with Gasteiger partial charge in [-0.1, -0.05) is 23.7 Å². The van der Waals surface area contributed by atoms with Crippen molar-refractivity contribution in [1.29, 1.82) is 0 Å². The number of carboxylic acids is 1. The molecule has 116 valence electrons. The van der Waals surface area contributed by atoms with Crippen molar-refractivity contribution in [3.63, 3.8) is 0 Å². The molecule has 0 aliphatic carbocycles. The molecular formula is C17H12ClNO3S. The smallest absolute Gasteiger partial charge is 0.355 e. The molecule has 0 saturated carbocycles. The van der Waals surface area contributed by atoms with Crippen LogP contribution in [-0.2, 0) is 6.61 Å². The third kappa shape index (κ3) is 3.88. The molecule has 3 rings (SSSR count). The maximum absolute atomic E-state index is 10.9. The van der Waals surface area contributed by atoms with Crippen LogP contribution in [0.1, 0.15) is 16.1 Å². The second kappa shape index (κ2) is 6.81. The Kier molecular flexibility index (Phi) is 4.60. The van der Waals surface area contributed by atoms with Gasteiger partial charge < -0.3 is 9.84 Å². The van der Waals surface area contributed by atoms with Gasteiger partial charge in [0.1, 0.15) is 17.4 Å². The quantitative estimate of drug-likeness (QED) is 0.725. The summed E-state index contributed by atoms with van der Waals surface area (Å²) in [6.45, 7) is 0.455. The number of aromatic carboxylic acids is 1. The van der Waals surface area contributed by atoms with E-state index in [2.05, 4.69) is 4.98 Å². The second-order valence-corrected chi connectivity index (χ2v) is 6.08. The van der Waals surface area contributed by atoms with E-state index in [1.807, 2.05) is 48.5 Å².